The summed E-state index contributed by atoms with van der Waals surface area (Å²) in [6.07, 6.45) is 1.95. The minimum Gasteiger partial charge on any atom is -0.325 e. The molecule has 2 heterocycles. The molecule has 1 N–H and O–H groups in total. The van der Waals surface area contributed by atoms with Crippen LogP contribution in [-0.2, 0) is 4.79 Å². The van der Waals surface area contributed by atoms with E-state index in [-0.39, 0.29) is 23.3 Å². The van der Waals surface area contributed by atoms with Crippen LogP contribution >= 0.6 is 23.1 Å². The highest BCUT2D eigenvalue weighted by Gasteiger charge is 2.28. The van der Waals surface area contributed by atoms with Crippen LogP contribution < -0.4 is 10.9 Å². The van der Waals surface area contributed by atoms with Crippen molar-refractivity contribution in [3.05, 3.63) is 69.3 Å². The van der Waals surface area contributed by atoms with E-state index in [1.807, 2.05) is 60.8 Å². The third kappa shape index (κ3) is 4.26. The summed E-state index contributed by atoms with van der Waals surface area (Å²) in [5, 5.41) is 7.19. The van der Waals surface area contributed by atoms with E-state index in [9.17, 15) is 9.59 Å². The molecular formula is C23H20N4O2S2. The number of carbonyl (C=O) groups is 1. The van der Waals surface area contributed by atoms with Crippen molar-refractivity contribution in [1.29, 1.82) is 0 Å². The smallest absolute Gasteiger partial charge is 0.262 e. The summed E-state index contributed by atoms with van der Waals surface area (Å²) < 4.78 is 1.76. The summed E-state index contributed by atoms with van der Waals surface area (Å²) in [6, 6.07) is 15.2. The van der Waals surface area contributed by atoms with Gasteiger partial charge in [0.15, 0.2) is 5.16 Å². The van der Waals surface area contributed by atoms with Gasteiger partial charge in [0.05, 0.1) is 27.4 Å². The van der Waals surface area contributed by atoms with Gasteiger partial charge in [-0.05, 0) is 44.0 Å². The number of anilines is 1. The summed E-state index contributed by atoms with van der Waals surface area (Å²) in [4.78, 5) is 34.7. The normalized spacial score (nSPS) is 13.5. The maximum absolute atomic E-state index is 12.9. The van der Waals surface area contributed by atoms with Gasteiger partial charge in [0.2, 0.25) is 5.91 Å². The number of carbonyl (C=O) groups excluding carboxylic acids is 1. The number of hydrogen-bond acceptors (Lipinski definition) is 6. The zero-order chi connectivity index (χ0) is 21.4. The fourth-order valence-electron chi connectivity index (χ4n) is 3.46. The fourth-order valence-corrected chi connectivity index (χ4v) is 4.95. The molecule has 0 unspecified atom stereocenters. The zero-order valence-electron chi connectivity index (χ0n) is 16.9. The molecule has 0 bridgehead atoms. The minimum atomic E-state index is -0.138. The fraction of sp³-hybridized carbons (Fsp3) is 0.217. The zero-order valence-corrected chi connectivity index (χ0v) is 18.5. The molecule has 1 saturated carbocycles. The van der Waals surface area contributed by atoms with Crippen LogP contribution in [0.2, 0.25) is 0 Å². The highest BCUT2D eigenvalue weighted by atomic mass is 32.2. The Bertz CT molecular complexity index is 1340. The Hall–Kier alpha value is -2.97. The van der Waals surface area contributed by atoms with Crippen molar-refractivity contribution in [3.63, 3.8) is 0 Å². The van der Waals surface area contributed by atoms with Crippen molar-refractivity contribution in [2.24, 2.45) is 0 Å². The third-order valence-corrected chi connectivity index (χ3v) is 6.81. The summed E-state index contributed by atoms with van der Waals surface area (Å²) in [5.41, 5.74) is 3.23. The van der Waals surface area contributed by atoms with Crippen molar-refractivity contribution in [1.82, 2.24) is 14.5 Å². The molecule has 0 saturated heterocycles. The molecule has 2 aromatic carbocycles. The Morgan fingerprint density at radius 2 is 2.03 bits per heavy atom. The summed E-state index contributed by atoms with van der Waals surface area (Å²) in [6.45, 7) is 1.97. The number of nitrogens with zero attached hydrogens (tertiary/aromatic N) is 3. The Balaban J connectivity index is 1.33. The van der Waals surface area contributed by atoms with E-state index in [4.69, 9.17) is 0 Å². The molecule has 156 valence electrons. The maximum atomic E-state index is 12.9. The monoisotopic (exact) mass is 448 g/mol. The van der Waals surface area contributed by atoms with Gasteiger partial charge in [-0.1, -0.05) is 36.0 Å². The minimum absolute atomic E-state index is 0.0257. The lowest BCUT2D eigenvalue weighted by Crippen LogP contribution is -2.23. The molecule has 0 atom stereocenters. The lowest BCUT2D eigenvalue weighted by atomic mass is 10.1. The van der Waals surface area contributed by atoms with E-state index < -0.39 is 0 Å². The van der Waals surface area contributed by atoms with Gasteiger partial charge in [-0.15, -0.1) is 11.3 Å². The number of hydrogen-bond donors (Lipinski definition) is 1. The first kappa shape index (κ1) is 20.0. The number of nitrogens with one attached hydrogen (secondary N) is 1. The molecule has 6 nitrogen and oxygen atoms in total. The molecule has 1 fully saturated rings. The highest BCUT2D eigenvalue weighted by Crippen LogP contribution is 2.36. The van der Waals surface area contributed by atoms with E-state index >= 15 is 0 Å². The number of benzene rings is 2. The van der Waals surface area contributed by atoms with Gasteiger partial charge < -0.3 is 5.32 Å². The van der Waals surface area contributed by atoms with Crippen molar-refractivity contribution < 1.29 is 4.79 Å². The van der Waals surface area contributed by atoms with E-state index in [0.717, 1.165) is 34.8 Å². The van der Waals surface area contributed by atoms with Crippen LogP contribution in [-0.4, -0.2) is 26.2 Å². The van der Waals surface area contributed by atoms with Crippen molar-refractivity contribution in [2.45, 2.75) is 31.0 Å². The lowest BCUT2D eigenvalue weighted by molar-refractivity contribution is -0.113. The van der Waals surface area contributed by atoms with Gasteiger partial charge in [0.25, 0.3) is 5.56 Å². The van der Waals surface area contributed by atoms with Gasteiger partial charge in [-0.2, -0.15) is 0 Å². The summed E-state index contributed by atoms with van der Waals surface area (Å²) in [5.74, 6) is 0.0405. The first-order chi connectivity index (χ1) is 15.1. The van der Waals surface area contributed by atoms with Crippen molar-refractivity contribution >= 4 is 45.6 Å². The molecule has 0 radical (unpaired) electrons. The molecule has 4 aromatic rings. The molecule has 5 rings (SSSR count). The SMILES string of the molecule is Cc1nc(-c2cccc(NC(=O)CSc3nc4ccccc4c(=O)n3C3CC3)c2)cs1. The summed E-state index contributed by atoms with van der Waals surface area (Å²) >= 11 is 2.90. The van der Waals surface area contributed by atoms with E-state index in [1.54, 1.807) is 15.9 Å². The molecule has 1 amide bonds. The topological polar surface area (TPSA) is 76.9 Å². The van der Waals surface area contributed by atoms with Crippen molar-refractivity contribution in [3.8, 4) is 11.3 Å². The van der Waals surface area contributed by atoms with Gasteiger partial charge in [-0.25, -0.2) is 9.97 Å². The largest absolute Gasteiger partial charge is 0.325 e. The second-order valence-corrected chi connectivity index (χ2v) is 9.49. The second kappa shape index (κ2) is 8.28. The molecule has 1 aliphatic carbocycles. The molecule has 8 heteroatoms. The lowest BCUT2D eigenvalue weighted by Gasteiger charge is -2.12. The molecule has 31 heavy (non-hydrogen) atoms. The first-order valence-electron chi connectivity index (χ1n) is 10.0. The molecule has 1 aliphatic rings. The Kier molecular flexibility index (Phi) is 5.33. The number of thiazole rings is 1. The number of amides is 1. The molecule has 0 aliphatic heterocycles. The highest BCUT2D eigenvalue weighted by molar-refractivity contribution is 7.99. The second-order valence-electron chi connectivity index (χ2n) is 7.49. The average molecular weight is 449 g/mol. The van der Waals surface area contributed by atoms with E-state index in [2.05, 4.69) is 15.3 Å². The standard InChI is InChI=1S/C23H20N4O2S2/c1-14-24-20(12-30-14)15-5-4-6-16(11-15)25-21(28)13-31-23-26-19-8-3-2-7-18(19)22(29)27(23)17-9-10-17/h2-8,11-12,17H,9-10,13H2,1H3,(H,25,28). The number of fused-ring (bicyclic) bond motifs is 1. The predicted molar refractivity (Wildman–Crippen MR) is 126 cm³/mol. The van der Waals surface area contributed by atoms with Crippen LogP contribution in [0.1, 0.15) is 23.9 Å². The van der Waals surface area contributed by atoms with Crippen LogP contribution in [0, 0.1) is 6.92 Å². The third-order valence-electron chi connectivity index (χ3n) is 5.08. The maximum Gasteiger partial charge on any atom is 0.262 e. The summed E-state index contributed by atoms with van der Waals surface area (Å²) in [7, 11) is 0. The van der Waals surface area contributed by atoms with E-state index in [1.165, 1.54) is 11.8 Å². The number of aryl methyl sites for hydroxylation is 1. The van der Waals surface area contributed by atoms with Crippen LogP contribution in [0.15, 0.2) is 63.9 Å². The number of para-hydroxylation sites is 1. The quantitative estimate of drug-likeness (QED) is 0.336. The van der Waals surface area contributed by atoms with Crippen LogP contribution in [0.4, 0.5) is 5.69 Å². The van der Waals surface area contributed by atoms with Crippen molar-refractivity contribution in [2.75, 3.05) is 11.1 Å². The van der Waals surface area contributed by atoms with Crippen LogP contribution in [0.3, 0.4) is 0 Å². The van der Waals surface area contributed by atoms with Gasteiger partial charge >= 0.3 is 0 Å². The Morgan fingerprint density at radius 3 is 2.81 bits per heavy atom. The van der Waals surface area contributed by atoms with Gasteiger partial charge in [0, 0.05) is 22.7 Å². The van der Waals surface area contributed by atoms with Gasteiger partial charge in [0.1, 0.15) is 0 Å². The molecule has 2 aromatic heterocycles. The Morgan fingerprint density at radius 1 is 1.19 bits per heavy atom. The Labute approximate surface area is 187 Å². The predicted octanol–water partition coefficient (Wildman–Crippen LogP) is 4.89. The van der Waals surface area contributed by atoms with Crippen LogP contribution in [0.25, 0.3) is 22.2 Å². The molecular weight excluding hydrogens is 428 g/mol. The number of rotatable bonds is 6. The van der Waals surface area contributed by atoms with Crippen LogP contribution in [0.5, 0.6) is 0 Å². The average Bonchev–Trinajstić information content (AvgIpc) is 3.51. The van der Waals surface area contributed by atoms with E-state index in [0.29, 0.717) is 16.1 Å². The molecule has 0 spiro atoms. The number of thioether (sulfide) groups is 1. The number of aromatic nitrogens is 3. The van der Waals surface area contributed by atoms with Gasteiger partial charge in [-0.3, -0.25) is 14.2 Å². The first-order valence-corrected chi connectivity index (χ1v) is 11.9.